The first-order valence-electron chi connectivity index (χ1n) is 5.06. The topological polar surface area (TPSA) is 50.9 Å². The molecule has 14 heavy (non-hydrogen) atoms. The molecule has 0 fully saturated rings. The van der Waals surface area contributed by atoms with E-state index in [-0.39, 0.29) is 0 Å². The molecule has 0 aliphatic rings. The summed E-state index contributed by atoms with van der Waals surface area (Å²) in [5, 5.41) is 3.28. The average Bonchev–Trinajstić information content (AvgIpc) is 2.14. The fourth-order valence-electron chi connectivity index (χ4n) is 1.05. The summed E-state index contributed by atoms with van der Waals surface area (Å²) in [7, 11) is 0. The summed E-state index contributed by atoms with van der Waals surface area (Å²) in [6, 6.07) is 5.63. The lowest BCUT2D eigenvalue weighted by atomic mass is 9.98. The van der Waals surface area contributed by atoms with Gasteiger partial charge in [0.05, 0.1) is 0 Å². The summed E-state index contributed by atoms with van der Waals surface area (Å²) in [5.41, 5.74) is 5.57. The Hall–Kier alpha value is -1.25. The predicted octanol–water partition coefficient (Wildman–Crippen LogP) is 2.37. The molecule has 0 amide bonds. The van der Waals surface area contributed by atoms with Crippen LogP contribution < -0.4 is 11.1 Å². The Kier molecular flexibility index (Phi) is 3.74. The normalized spacial score (nSPS) is 12.9. The van der Waals surface area contributed by atoms with Crippen molar-refractivity contribution in [3.05, 3.63) is 18.2 Å². The van der Waals surface area contributed by atoms with E-state index >= 15 is 0 Å². The molecule has 0 bridgehead atoms. The molecular weight excluding hydrogens is 174 g/mol. The second-order valence-corrected chi connectivity index (χ2v) is 4.05. The maximum absolute atomic E-state index is 5.57. The average molecular weight is 193 g/mol. The Bertz CT molecular complexity index is 284. The van der Waals surface area contributed by atoms with Gasteiger partial charge < -0.3 is 11.1 Å². The Morgan fingerprint density at radius 2 is 2.07 bits per heavy atom. The molecule has 3 N–H and O–H groups in total. The van der Waals surface area contributed by atoms with E-state index in [0.717, 1.165) is 12.4 Å². The van der Waals surface area contributed by atoms with Crippen molar-refractivity contribution in [1.82, 2.24) is 4.98 Å². The molecule has 1 atom stereocenters. The lowest BCUT2D eigenvalue weighted by Gasteiger charge is -2.16. The minimum Gasteiger partial charge on any atom is -0.384 e. The fourth-order valence-corrected chi connectivity index (χ4v) is 1.05. The third-order valence-electron chi connectivity index (χ3n) is 2.51. The number of nitrogen functional groups attached to an aromatic ring is 1. The number of aromatic nitrogens is 1. The van der Waals surface area contributed by atoms with E-state index in [1.807, 2.05) is 12.1 Å². The molecule has 1 unspecified atom stereocenters. The zero-order valence-corrected chi connectivity index (χ0v) is 9.12. The van der Waals surface area contributed by atoms with Crippen molar-refractivity contribution in [3.63, 3.8) is 0 Å². The molecule has 78 valence electrons. The van der Waals surface area contributed by atoms with Crippen LogP contribution in [0.5, 0.6) is 0 Å². The number of pyridine rings is 1. The summed E-state index contributed by atoms with van der Waals surface area (Å²) in [4.78, 5) is 4.17. The molecule has 3 heteroatoms. The summed E-state index contributed by atoms with van der Waals surface area (Å²) in [6.45, 7) is 7.61. The Morgan fingerprint density at radius 1 is 1.36 bits per heavy atom. The van der Waals surface area contributed by atoms with E-state index in [2.05, 4.69) is 31.1 Å². The third kappa shape index (κ3) is 3.24. The van der Waals surface area contributed by atoms with Gasteiger partial charge in [0.25, 0.3) is 0 Å². The van der Waals surface area contributed by atoms with Crippen LogP contribution in [-0.2, 0) is 0 Å². The molecule has 0 aliphatic carbocycles. The van der Waals surface area contributed by atoms with E-state index in [4.69, 9.17) is 5.73 Å². The number of hydrogen-bond acceptors (Lipinski definition) is 3. The van der Waals surface area contributed by atoms with Crippen LogP contribution >= 0.6 is 0 Å². The Morgan fingerprint density at radius 3 is 2.64 bits per heavy atom. The van der Waals surface area contributed by atoms with Gasteiger partial charge in [-0.2, -0.15) is 0 Å². The molecule has 0 aliphatic heterocycles. The molecule has 1 rings (SSSR count). The van der Waals surface area contributed by atoms with Crippen molar-refractivity contribution < 1.29 is 0 Å². The van der Waals surface area contributed by atoms with Crippen LogP contribution in [0.4, 0.5) is 11.6 Å². The maximum Gasteiger partial charge on any atom is 0.128 e. The number of nitrogens with zero attached hydrogens (tertiary/aromatic N) is 1. The number of nitrogens with one attached hydrogen (secondary N) is 1. The first kappa shape index (κ1) is 10.8. The van der Waals surface area contributed by atoms with Gasteiger partial charge in [0.15, 0.2) is 0 Å². The number of rotatable bonds is 4. The van der Waals surface area contributed by atoms with Crippen molar-refractivity contribution in [1.29, 1.82) is 0 Å². The van der Waals surface area contributed by atoms with E-state index in [1.54, 1.807) is 6.07 Å². The molecule has 0 aromatic carbocycles. The molecule has 0 saturated heterocycles. The van der Waals surface area contributed by atoms with Crippen molar-refractivity contribution >= 4 is 11.6 Å². The van der Waals surface area contributed by atoms with E-state index < -0.39 is 0 Å². The highest BCUT2D eigenvalue weighted by molar-refractivity contribution is 5.42. The van der Waals surface area contributed by atoms with Crippen LogP contribution in [0.15, 0.2) is 18.2 Å². The van der Waals surface area contributed by atoms with E-state index in [1.165, 1.54) is 0 Å². The first-order valence-corrected chi connectivity index (χ1v) is 5.06. The molecular formula is C11H19N3. The zero-order chi connectivity index (χ0) is 10.6. The first-order chi connectivity index (χ1) is 6.59. The highest BCUT2D eigenvalue weighted by Gasteiger charge is 2.06. The summed E-state index contributed by atoms with van der Waals surface area (Å²) >= 11 is 0. The largest absolute Gasteiger partial charge is 0.384 e. The summed E-state index contributed by atoms with van der Waals surface area (Å²) < 4.78 is 0. The van der Waals surface area contributed by atoms with Crippen LogP contribution in [0.1, 0.15) is 20.8 Å². The molecule has 3 nitrogen and oxygen atoms in total. The van der Waals surface area contributed by atoms with Gasteiger partial charge in [-0.1, -0.05) is 26.8 Å². The lowest BCUT2D eigenvalue weighted by Crippen LogP contribution is -2.16. The third-order valence-corrected chi connectivity index (χ3v) is 2.51. The highest BCUT2D eigenvalue weighted by atomic mass is 15.0. The van der Waals surface area contributed by atoms with Crippen LogP contribution in [0, 0.1) is 11.8 Å². The zero-order valence-electron chi connectivity index (χ0n) is 9.12. The molecule has 1 aromatic heterocycles. The van der Waals surface area contributed by atoms with E-state index in [0.29, 0.717) is 17.7 Å². The van der Waals surface area contributed by atoms with Crippen molar-refractivity contribution in [2.45, 2.75) is 20.8 Å². The van der Waals surface area contributed by atoms with Gasteiger partial charge in [0.1, 0.15) is 11.6 Å². The highest BCUT2D eigenvalue weighted by Crippen LogP contribution is 2.11. The van der Waals surface area contributed by atoms with Gasteiger partial charge in [0.2, 0.25) is 0 Å². The Labute approximate surface area is 85.7 Å². The minimum absolute atomic E-state index is 0.562. The van der Waals surface area contributed by atoms with Gasteiger partial charge >= 0.3 is 0 Å². The van der Waals surface area contributed by atoms with E-state index in [9.17, 15) is 0 Å². The molecule has 0 spiro atoms. The fraction of sp³-hybridized carbons (Fsp3) is 0.545. The van der Waals surface area contributed by atoms with Gasteiger partial charge in [-0.05, 0) is 24.0 Å². The van der Waals surface area contributed by atoms with Gasteiger partial charge in [-0.3, -0.25) is 0 Å². The SMILES string of the molecule is CC(C)C(C)CNc1cccc(N)n1. The van der Waals surface area contributed by atoms with Crippen LogP contribution in [0.25, 0.3) is 0 Å². The monoisotopic (exact) mass is 193 g/mol. The predicted molar refractivity (Wildman–Crippen MR) is 61.1 cm³/mol. The summed E-state index contributed by atoms with van der Waals surface area (Å²) in [6.07, 6.45) is 0. The number of nitrogens with two attached hydrogens (primary N) is 1. The number of hydrogen-bond donors (Lipinski definition) is 2. The molecule has 0 saturated carbocycles. The quantitative estimate of drug-likeness (QED) is 0.771. The van der Waals surface area contributed by atoms with Crippen molar-refractivity contribution in [2.24, 2.45) is 11.8 Å². The van der Waals surface area contributed by atoms with Gasteiger partial charge in [-0.25, -0.2) is 4.98 Å². The van der Waals surface area contributed by atoms with Gasteiger partial charge in [-0.15, -0.1) is 0 Å². The molecule has 0 radical (unpaired) electrons. The minimum atomic E-state index is 0.562. The smallest absolute Gasteiger partial charge is 0.128 e. The van der Waals surface area contributed by atoms with Crippen molar-refractivity contribution in [2.75, 3.05) is 17.6 Å². The van der Waals surface area contributed by atoms with Crippen molar-refractivity contribution in [3.8, 4) is 0 Å². The second-order valence-electron chi connectivity index (χ2n) is 4.05. The second kappa shape index (κ2) is 4.84. The van der Waals surface area contributed by atoms with Crippen LogP contribution in [0.3, 0.4) is 0 Å². The number of anilines is 2. The van der Waals surface area contributed by atoms with Crippen LogP contribution in [-0.4, -0.2) is 11.5 Å². The standard InChI is InChI=1S/C11H19N3/c1-8(2)9(3)7-13-11-6-4-5-10(12)14-11/h4-6,8-9H,7H2,1-3H3,(H3,12,13,14). The molecule has 1 heterocycles. The lowest BCUT2D eigenvalue weighted by molar-refractivity contribution is 0.439. The molecule has 1 aromatic rings. The Balaban J connectivity index is 2.45. The summed E-state index contributed by atoms with van der Waals surface area (Å²) in [5.74, 6) is 2.74. The van der Waals surface area contributed by atoms with Crippen LogP contribution in [0.2, 0.25) is 0 Å². The maximum atomic E-state index is 5.57. The van der Waals surface area contributed by atoms with Gasteiger partial charge in [0, 0.05) is 6.54 Å².